The van der Waals surface area contributed by atoms with Crippen molar-refractivity contribution in [3.63, 3.8) is 0 Å². The van der Waals surface area contributed by atoms with Gasteiger partial charge < -0.3 is 4.57 Å². The van der Waals surface area contributed by atoms with Gasteiger partial charge in [0.25, 0.3) is 0 Å². The van der Waals surface area contributed by atoms with Crippen LogP contribution in [0.1, 0.15) is 37.0 Å². The lowest BCUT2D eigenvalue weighted by Gasteiger charge is -2.15. The molecule has 5 heteroatoms. The standard InChI is InChI=1S/C43H27N5/c1-2-16-29-28(14-1)15-13-22-34(29)41-44-42(46-43(45-41)48-38-25-10-5-19-32(38)33-20-6-11-26-39(33)48)35-21-7-12-27-40(35)47-36-23-8-3-17-30(36)31-18-4-9-24-37(31)47/h1-27H/i1D,2D,3D,4D,5D,6D,7D,8D,9D,10D,11D,12D,13D,14D,15D,16D,17D,18D,19D,20D,21D,22D,23D,24D,25D,26D,27D. The van der Waals surface area contributed by atoms with E-state index >= 15 is 0 Å². The SMILES string of the molecule is [2H]c1c([2H])c([2H])c(-n2c3c([2H])c([2H])c([2H])c([2H])c3c3c([2H])c([2H])c([2H])c([2H])c32)c(-c2nc(-c3c([2H])c([2H])c([2H])c4c([2H])c([2H])c([2H])c([2H])c34)nc(-n3c4c([2H])c([2H])c([2H])c([2H])c4c4c([2H])c([2H])c([2H])c([2H])c43)n2)c1[2H]. The number of para-hydroxylation sites is 5. The van der Waals surface area contributed by atoms with Gasteiger partial charge in [0.05, 0.1) is 64.8 Å². The fraction of sp³-hybridized carbons (Fsp3) is 0. The third-order valence-electron chi connectivity index (χ3n) is 7.54. The average Bonchev–Trinajstić information content (AvgIpc) is 3.94. The molecule has 0 bridgehead atoms. The largest absolute Gasteiger partial charge is 0.309 e. The van der Waals surface area contributed by atoms with Crippen LogP contribution in [0.15, 0.2) is 163 Å². The van der Waals surface area contributed by atoms with E-state index in [2.05, 4.69) is 15.0 Å². The van der Waals surface area contributed by atoms with Crippen molar-refractivity contribution in [2.24, 2.45) is 0 Å². The minimum absolute atomic E-state index is 0.505. The van der Waals surface area contributed by atoms with Gasteiger partial charge in [-0.05, 0) is 47.0 Å². The van der Waals surface area contributed by atoms with E-state index in [9.17, 15) is 6.85 Å². The van der Waals surface area contributed by atoms with E-state index in [-0.39, 0.29) is 0 Å². The molecule has 0 N–H and O–H groups in total. The highest BCUT2D eigenvalue weighted by Gasteiger charge is 2.21. The molecule has 0 atom stereocenters. The molecule has 3 aromatic heterocycles. The number of nitrogens with zero attached hydrogens (tertiary/aromatic N) is 5. The summed E-state index contributed by atoms with van der Waals surface area (Å²) in [7, 11) is 0. The average molecular weight is 641 g/mol. The summed E-state index contributed by atoms with van der Waals surface area (Å²) in [6.45, 7) is 0. The Morgan fingerprint density at radius 3 is 1.38 bits per heavy atom. The Kier molecular flexibility index (Phi) is 2.46. The van der Waals surface area contributed by atoms with Gasteiger partial charge in [0.1, 0.15) is 0 Å². The zero-order chi connectivity index (χ0) is 55.1. The molecule has 3 heterocycles. The van der Waals surface area contributed by atoms with Crippen LogP contribution in [-0.2, 0) is 0 Å². The Hall–Kier alpha value is -6.59. The number of fused-ring (bicyclic) bond motifs is 7. The maximum atomic E-state index is 9.53. The van der Waals surface area contributed by atoms with Crippen molar-refractivity contribution in [2.45, 2.75) is 0 Å². The number of aromatic nitrogens is 5. The first-order valence-electron chi connectivity index (χ1n) is 27.4. The smallest absolute Gasteiger partial charge is 0.238 e. The van der Waals surface area contributed by atoms with Crippen LogP contribution in [-0.4, -0.2) is 24.1 Å². The summed E-state index contributed by atoms with van der Waals surface area (Å²) in [6, 6.07) is -24.4. The Labute approximate surface area is 313 Å². The third kappa shape index (κ3) is 3.94. The number of hydrogen-bond acceptors (Lipinski definition) is 3. The molecule has 48 heavy (non-hydrogen) atoms. The van der Waals surface area contributed by atoms with Crippen molar-refractivity contribution in [3.8, 4) is 34.4 Å². The van der Waals surface area contributed by atoms with Crippen LogP contribution in [0, 0.1) is 0 Å². The summed E-state index contributed by atoms with van der Waals surface area (Å²) in [4.78, 5) is 13.6. The fourth-order valence-electron chi connectivity index (χ4n) is 5.57. The molecule has 0 fully saturated rings. The third-order valence-corrected chi connectivity index (χ3v) is 7.54. The summed E-state index contributed by atoms with van der Waals surface area (Å²) in [6.07, 6.45) is 0. The minimum Gasteiger partial charge on any atom is -0.309 e. The molecule has 0 amide bonds. The molecule has 0 saturated carbocycles. The van der Waals surface area contributed by atoms with E-state index in [4.69, 9.17) is 30.2 Å². The molecule has 0 spiro atoms. The second kappa shape index (κ2) is 10.5. The van der Waals surface area contributed by atoms with E-state index in [1.165, 1.54) is 0 Å². The summed E-state index contributed by atoms with van der Waals surface area (Å²) in [5.41, 5.74) is -5.00. The fourth-order valence-corrected chi connectivity index (χ4v) is 5.57. The van der Waals surface area contributed by atoms with Crippen LogP contribution >= 0.6 is 0 Å². The number of hydrogen-bond donors (Lipinski definition) is 0. The Bertz CT molecular complexity index is 4230. The van der Waals surface area contributed by atoms with Crippen LogP contribution in [0.5, 0.6) is 0 Å². The van der Waals surface area contributed by atoms with Gasteiger partial charge in [0, 0.05) is 32.7 Å². The van der Waals surface area contributed by atoms with Gasteiger partial charge in [-0.15, -0.1) is 0 Å². The first-order valence-corrected chi connectivity index (χ1v) is 13.9. The molecule has 7 aromatic carbocycles. The van der Waals surface area contributed by atoms with Gasteiger partial charge in [0.15, 0.2) is 11.6 Å². The normalized spacial score (nSPS) is 19.6. The molecule has 0 unspecified atom stereocenters. The highest BCUT2D eigenvalue weighted by Crippen LogP contribution is 2.37. The minimum atomic E-state index is -1.07. The maximum absolute atomic E-state index is 9.53. The summed E-state index contributed by atoms with van der Waals surface area (Å²) in [5, 5.41) is -3.33. The summed E-state index contributed by atoms with van der Waals surface area (Å²) >= 11 is 0. The van der Waals surface area contributed by atoms with Crippen molar-refractivity contribution >= 4 is 54.4 Å². The van der Waals surface area contributed by atoms with Crippen LogP contribution in [0.25, 0.3) is 88.8 Å². The molecule has 10 aromatic rings. The molecular weight excluding hydrogens is 587 g/mol. The van der Waals surface area contributed by atoms with Crippen LogP contribution in [0.3, 0.4) is 0 Å². The van der Waals surface area contributed by atoms with Crippen LogP contribution < -0.4 is 0 Å². The zero-order valence-electron chi connectivity index (χ0n) is 50.7. The number of benzene rings is 7. The Morgan fingerprint density at radius 1 is 0.354 bits per heavy atom. The predicted octanol–water partition coefficient (Wildman–Crippen LogP) is 10.6. The van der Waals surface area contributed by atoms with E-state index in [1.54, 1.807) is 0 Å². The molecule has 224 valence electrons. The maximum Gasteiger partial charge on any atom is 0.238 e. The quantitative estimate of drug-likeness (QED) is 0.192. The molecular formula is C43H27N5. The van der Waals surface area contributed by atoms with E-state index in [0.29, 0.717) is 0 Å². The molecule has 0 aliphatic carbocycles. The van der Waals surface area contributed by atoms with Gasteiger partial charge >= 0.3 is 0 Å². The molecule has 5 nitrogen and oxygen atoms in total. The lowest BCUT2D eigenvalue weighted by molar-refractivity contribution is 0.952. The van der Waals surface area contributed by atoms with Crippen molar-refractivity contribution in [2.75, 3.05) is 0 Å². The van der Waals surface area contributed by atoms with Gasteiger partial charge in [-0.25, -0.2) is 4.98 Å². The Balaban J connectivity index is 1.53. The van der Waals surface area contributed by atoms with Crippen molar-refractivity contribution in [1.29, 1.82) is 0 Å². The highest BCUT2D eigenvalue weighted by molar-refractivity contribution is 6.10. The summed E-state index contributed by atoms with van der Waals surface area (Å²) < 4.78 is 242. The van der Waals surface area contributed by atoms with E-state index < -0.39 is 252 Å². The summed E-state index contributed by atoms with van der Waals surface area (Å²) in [5.74, 6) is -2.81. The molecule has 0 aliphatic rings. The lowest BCUT2D eigenvalue weighted by Crippen LogP contribution is -2.08. The zero-order valence-corrected chi connectivity index (χ0v) is 23.7. The number of rotatable bonds is 4. The van der Waals surface area contributed by atoms with Crippen LogP contribution in [0.2, 0.25) is 0 Å². The van der Waals surface area contributed by atoms with Gasteiger partial charge in [0.2, 0.25) is 5.95 Å². The molecule has 0 radical (unpaired) electrons. The van der Waals surface area contributed by atoms with Crippen molar-refractivity contribution < 1.29 is 37.0 Å². The van der Waals surface area contributed by atoms with Crippen molar-refractivity contribution in [1.82, 2.24) is 24.1 Å². The van der Waals surface area contributed by atoms with Gasteiger partial charge in [-0.1, -0.05) is 127 Å². The second-order valence-corrected chi connectivity index (χ2v) is 10.1. The predicted molar refractivity (Wildman–Crippen MR) is 197 cm³/mol. The van der Waals surface area contributed by atoms with Crippen molar-refractivity contribution in [3.05, 3.63) is 163 Å². The van der Waals surface area contributed by atoms with E-state index in [1.807, 2.05) is 0 Å². The van der Waals surface area contributed by atoms with Crippen LogP contribution in [0.4, 0.5) is 0 Å². The van der Waals surface area contributed by atoms with E-state index in [0.717, 1.165) is 9.13 Å². The van der Waals surface area contributed by atoms with Gasteiger partial charge in [-0.2, -0.15) is 9.97 Å². The Morgan fingerprint density at radius 2 is 0.771 bits per heavy atom. The molecule has 10 rings (SSSR count). The molecule has 0 aliphatic heterocycles. The van der Waals surface area contributed by atoms with Gasteiger partial charge in [-0.3, -0.25) is 4.57 Å². The second-order valence-electron chi connectivity index (χ2n) is 10.1. The first kappa shape index (κ1) is 11.3. The first-order chi connectivity index (χ1) is 35.0. The lowest BCUT2D eigenvalue weighted by atomic mass is 10.0. The monoisotopic (exact) mass is 640 g/mol. The highest BCUT2D eigenvalue weighted by atomic mass is 15.2. The molecule has 0 saturated heterocycles. The topological polar surface area (TPSA) is 48.5 Å².